The van der Waals surface area contributed by atoms with E-state index < -0.39 is 0 Å². The van der Waals surface area contributed by atoms with E-state index in [0.717, 1.165) is 11.1 Å². The molecular weight excluding hydrogens is 291 g/mol. The summed E-state index contributed by atoms with van der Waals surface area (Å²) >= 11 is 6.15. The van der Waals surface area contributed by atoms with Crippen LogP contribution in [0.2, 0.25) is 0 Å². The highest BCUT2D eigenvalue weighted by Crippen LogP contribution is 2.25. The van der Waals surface area contributed by atoms with Crippen molar-refractivity contribution >= 4 is 22.7 Å². The maximum atomic E-state index is 12.8. The lowest BCUT2D eigenvalue weighted by atomic mass is 10.2. The zero-order valence-electron chi connectivity index (χ0n) is 10.8. The predicted molar refractivity (Wildman–Crippen MR) is 79.9 cm³/mol. The molecule has 0 spiro atoms. The monoisotopic (exact) mass is 300 g/mol. The number of aromatic nitrogens is 2. The molecule has 0 saturated carbocycles. The molecular formula is C16H10ClFN2O. The highest BCUT2D eigenvalue weighted by Gasteiger charge is 2.10. The van der Waals surface area contributed by atoms with Crippen LogP contribution in [-0.4, -0.2) is 10.2 Å². The average molecular weight is 301 g/mol. The third-order valence-electron chi connectivity index (χ3n) is 2.81. The van der Waals surface area contributed by atoms with Crippen molar-refractivity contribution < 1.29 is 8.81 Å². The van der Waals surface area contributed by atoms with Gasteiger partial charge >= 0.3 is 0 Å². The highest BCUT2D eigenvalue weighted by molar-refractivity contribution is 6.50. The Bertz CT molecular complexity index is 766. The van der Waals surface area contributed by atoms with Gasteiger partial charge in [0.25, 0.3) is 5.89 Å². The molecule has 2 aromatic carbocycles. The molecule has 1 aromatic heterocycles. The van der Waals surface area contributed by atoms with E-state index in [1.54, 1.807) is 18.2 Å². The molecule has 0 bridgehead atoms. The van der Waals surface area contributed by atoms with E-state index in [-0.39, 0.29) is 11.7 Å². The highest BCUT2D eigenvalue weighted by atomic mass is 35.5. The topological polar surface area (TPSA) is 38.9 Å². The van der Waals surface area contributed by atoms with Gasteiger partial charge in [0.05, 0.1) is 0 Å². The molecule has 0 aliphatic rings. The molecule has 0 N–H and O–H groups in total. The van der Waals surface area contributed by atoms with Gasteiger partial charge in [-0.3, -0.25) is 0 Å². The predicted octanol–water partition coefficient (Wildman–Crippen LogP) is 4.61. The van der Waals surface area contributed by atoms with Crippen LogP contribution in [0.25, 0.3) is 22.6 Å². The zero-order valence-corrected chi connectivity index (χ0v) is 11.6. The molecule has 0 saturated heterocycles. The second-order valence-corrected chi connectivity index (χ2v) is 4.73. The Hall–Kier alpha value is -2.46. The third-order valence-corrected chi connectivity index (χ3v) is 3.08. The lowest BCUT2D eigenvalue weighted by Gasteiger charge is -1.95. The Balaban J connectivity index is 1.87. The van der Waals surface area contributed by atoms with Crippen molar-refractivity contribution in [1.29, 1.82) is 0 Å². The molecule has 0 aliphatic heterocycles. The second-order valence-electron chi connectivity index (χ2n) is 4.32. The maximum Gasteiger partial charge on any atom is 0.259 e. The van der Waals surface area contributed by atoms with E-state index in [1.165, 1.54) is 12.1 Å². The van der Waals surface area contributed by atoms with Gasteiger partial charge in [-0.2, -0.15) is 0 Å². The van der Waals surface area contributed by atoms with Gasteiger partial charge in [-0.05, 0) is 35.9 Å². The fraction of sp³-hybridized carbons (Fsp3) is 0. The first-order valence-electron chi connectivity index (χ1n) is 6.24. The fourth-order valence-corrected chi connectivity index (χ4v) is 1.99. The SMILES string of the molecule is Fc1ccc(/C=C(\Cl)c2nnc(-c3ccccc3)o2)cc1. The van der Waals surface area contributed by atoms with Gasteiger partial charge in [0, 0.05) is 5.56 Å². The van der Waals surface area contributed by atoms with Gasteiger partial charge in [0.15, 0.2) is 0 Å². The van der Waals surface area contributed by atoms with E-state index in [1.807, 2.05) is 30.3 Å². The summed E-state index contributed by atoms with van der Waals surface area (Å²) in [5.74, 6) is 0.323. The van der Waals surface area contributed by atoms with Crippen LogP contribution >= 0.6 is 11.6 Å². The van der Waals surface area contributed by atoms with Crippen molar-refractivity contribution in [2.45, 2.75) is 0 Å². The van der Waals surface area contributed by atoms with Gasteiger partial charge in [-0.15, -0.1) is 10.2 Å². The Labute approximate surface area is 125 Å². The summed E-state index contributed by atoms with van der Waals surface area (Å²) in [6.45, 7) is 0. The first-order chi connectivity index (χ1) is 10.2. The van der Waals surface area contributed by atoms with Crippen molar-refractivity contribution in [3.05, 3.63) is 71.9 Å². The summed E-state index contributed by atoms with van der Waals surface area (Å²) in [5.41, 5.74) is 1.57. The standard InChI is InChI=1S/C16H10ClFN2O/c17-14(10-11-6-8-13(18)9-7-11)16-20-19-15(21-16)12-4-2-1-3-5-12/h1-10H/b14-10-. The summed E-state index contributed by atoms with van der Waals surface area (Å²) in [4.78, 5) is 0. The average Bonchev–Trinajstić information content (AvgIpc) is 3.00. The zero-order chi connectivity index (χ0) is 14.7. The van der Waals surface area contributed by atoms with Crippen molar-refractivity contribution in [1.82, 2.24) is 10.2 Å². The summed E-state index contributed by atoms with van der Waals surface area (Å²) in [7, 11) is 0. The lowest BCUT2D eigenvalue weighted by molar-refractivity contribution is 0.556. The molecule has 0 fully saturated rings. The largest absolute Gasteiger partial charge is 0.415 e. The van der Waals surface area contributed by atoms with Crippen molar-refractivity contribution in [3.8, 4) is 11.5 Å². The van der Waals surface area contributed by atoms with Crippen LogP contribution in [-0.2, 0) is 0 Å². The van der Waals surface area contributed by atoms with Crippen LogP contribution in [0.3, 0.4) is 0 Å². The van der Waals surface area contributed by atoms with Crippen LogP contribution in [0.4, 0.5) is 4.39 Å². The molecule has 3 nitrogen and oxygen atoms in total. The van der Waals surface area contributed by atoms with Gasteiger partial charge in [0.1, 0.15) is 10.8 Å². The Morgan fingerprint density at radius 3 is 2.43 bits per heavy atom. The maximum absolute atomic E-state index is 12.8. The van der Waals surface area contributed by atoms with E-state index in [9.17, 15) is 4.39 Å². The number of halogens is 2. The fourth-order valence-electron chi connectivity index (χ4n) is 1.78. The van der Waals surface area contributed by atoms with Crippen LogP contribution in [0, 0.1) is 5.82 Å². The summed E-state index contributed by atoms with van der Waals surface area (Å²) < 4.78 is 18.4. The summed E-state index contributed by atoms with van der Waals surface area (Å²) in [6.07, 6.45) is 1.64. The smallest absolute Gasteiger partial charge is 0.259 e. The van der Waals surface area contributed by atoms with Gasteiger partial charge in [0.2, 0.25) is 5.89 Å². The first-order valence-corrected chi connectivity index (χ1v) is 6.62. The normalized spacial score (nSPS) is 11.6. The van der Waals surface area contributed by atoms with Crippen molar-refractivity contribution in [3.63, 3.8) is 0 Å². The van der Waals surface area contributed by atoms with Gasteiger partial charge in [-0.1, -0.05) is 41.9 Å². The molecule has 0 atom stereocenters. The van der Waals surface area contributed by atoms with Crippen LogP contribution in [0.1, 0.15) is 11.5 Å². The van der Waals surface area contributed by atoms with Crippen LogP contribution < -0.4 is 0 Å². The number of nitrogens with zero attached hydrogens (tertiary/aromatic N) is 2. The van der Waals surface area contributed by atoms with Crippen molar-refractivity contribution in [2.24, 2.45) is 0 Å². The first kappa shape index (κ1) is 13.5. The van der Waals surface area contributed by atoms with Gasteiger partial charge < -0.3 is 4.42 Å². The minimum Gasteiger partial charge on any atom is -0.415 e. The molecule has 21 heavy (non-hydrogen) atoms. The van der Waals surface area contributed by atoms with Crippen LogP contribution in [0.15, 0.2) is 59.0 Å². The Kier molecular flexibility index (Phi) is 3.79. The molecule has 3 rings (SSSR count). The number of hydrogen-bond donors (Lipinski definition) is 0. The minimum atomic E-state index is -0.299. The number of rotatable bonds is 3. The molecule has 0 unspecified atom stereocenters. The Morgan fingerprint density at radius 2 is 1.71 bits per heavy atom. The summed E-state index contributed by atoms with van der Waals surface area (Å²) in [5, 5.41) is 8.18. The van der Waals surface area contributed by atoms with Gasteiger partial charge in [-0.25, -0.2) is 4.39 Å². The van der Waals surface area contributed by atoms with E-state index in [4.69, 9.17) is 16.0 Å². The molecule has 5 heteroatoms. The summed E-state index contributed by atoms with van der Waals surface area (Å²) in [6, 6.07) is 15.4. The van der Waals surface area contributed by atoms with E-state index in [2.05, 4.69) is 10.2 Å². The molecule has 0 amide bonds. The molecule has 0 aliphatic carbocycles. The van der Waals surface area contributed by atoms with Crippen molar-refractivity contribution in [2.75, 3.05) is 0 Å². The molecule has 1 heterocycles. The quantitative estimate of drug-likeness (QED) is 0.709. The number of hydrogen-bond acceptors (Lipinski definition) is 3. The molecule has 3 aromatic rings. The van der Waals surface area contributed by atoms with E-state index in [0.29, 0.717) is 10.9 Å². The van der Waals surface area contributed by atoms with E-state index >= 15 is 0 Å². The minimum absolute atomic E-state index is 0.222. The second kappa shape index (κ2) is 5.89. The third kappa shape index (κ3) is 3.17. The lowest BCUT2D eigenvalue weighted by Crippen LogP contribution is -1.79. The molecule has 0 radical (unpaired) electrons. The number of benzene rings is 2. The molecule has 104 valence electrons. The Morgan fingerprint density at radius 1 is 1.00 bits per heavy atom. The van der Waals surface area contributed by atoms with Crippen LogP contribution in [0.5, 0.6) is 0 Å².